The van der Waals surface area contributed by atoms with Crippen molar-refractivity contribution < 1.29 is 14.3 Å². The minimum Gasteiger partial charge on any atom is -0.497 e. The van der Waals surface area contributed by atoms with Crippen molar-refractivity contribution in [1.29, 1.82) is 0 Å². The first kappa shape index (κ1) is 13.8. The molecule has 0 aromatic heterocycles. The molecular formula is C14H20N2O3. The Hall–Kier alpha value is -1.59. The highest BCUT2D eigenvalue weighted by Crippen LogP contribution is 2.33. The van der Waals surface area contributed by atoms with Gasteiger partial charge in [0, 0.05) is 26.1 Å². The number of hydrogen-bond acceptors (Lipinski definition) is 4. The van der Waals surface area contributed by atoms with Gasteiger partial charge in [-0.2, -0.15) is 0 Å². The number of methoxy groups -OCH3 is 2. The van der Waals surface area contributed by atoms with Crippen molar-refractivity contribution in [3.8, 4) is 5.75 Å². The molecule has 1 aromatic rings. The fourth-order valence-corrected chi connectivity index (χ4v) is 2.52. The molecule has 19 heavy (non-hydrogen) atoms. The van der Waals surface area contributed by atoms with Gasteiger partial charge in [0.2, 0.25) is 5.91 Å². The summed E-state index contributed by atoms with van der Waals surface area (Å²) in [6.07, 6.45) is 0.381. The molecule has 0 aliphatic carbocycles. The molecule has 1 saturated heterocycles. The van der Waals surface area contributed by atoms with E-state index in [0.717, 1.165) is 11.3 Å². The first-order chi connectivity index (χ1) is 9.17. The fraction of sp³-hybridized carbons (Fsp3) is 0.500. The van der Waals surface area contributed by atoms with Crippen LogP contribution in [0.25, 0.3) is 0 Å². The Labute approximate surface area is 113 Å². The maximum atomic E-state index is 12.0. The quantitative estimate of drug-likeness (QED) is 0.859. The van der Waals surface area contributed by atoms with E-state index in [0.29, 0.717) is 19.6 Å². The molecular weight excluding hydrogens is 244 g/mol. The van der Waals surface area contributed by atoms with Crippen LogP contribution in [0.1, 0.15) is 18.0 Å². The average Bonchev–Trinajstić information content (AvgIpc) is 2.70. The lowest BCUT2D eigenvalue weighted by molar-refractivity contribution is -0.129. The molecule has 5 nitrogen and oxygen atoms in total. The van der Waals surface area contributed by atoms with E-state index in [9.17, 15) is 4.79 Å². The molecule has 1 fully saturated rings. The van der Waals surface area contributed by atoms with Crippen molar-refractivity contribution in [2.75, 3.05) is 27.4 Å². The van der Waals surface area contributed by atoms with Gasteiger partial charge in [-0.1, -0.05) is 12.1 Å². The number of carbonyl (C=O) groups is 1. The van der Waals surface area contributed by atoms with E-state index in [1.54, 1.807) is 19.1 Å². The van der Waals surface area contributed by atoms with Gasteiger partial charge in [-0.3, -0.25) is 4.79 Å². The predicted molar refractivity (Wildman–Crippen MR) is 71.9 cm³/mol. The number of nitrogens with zero attached hydrogens (tertiary/aromatic N) is 1. The van der Waals surface area contributed by atoms with Gasteiger partial charge in [0.05, 0.1) is 19.8 Å². The van der Waals surface area contributed by atoms with E-state index in [1.165, 1.54) is 0 Å². The molecule has 1 aliphatic rings. The second kappa shape index (κ2) is 6.04. The summed E-state index contributed by atoms with van der Waals surface area (Å²) in [4.78, 5) is 13.8. The third kappa shape index (κ3) is 2.88. The minimum atomic E-state index is -0.184. The number of likely N-dealkylation sites (tertiary alicyclic amines) is 1. The maximum absolute atomic E-state index is 12.0. The summed E-state index contributed by atoms with van der Waals surface area (Å²) in [5, 5.41) is 0. The van der Waals surface area contributed by atoms with Crippen LogP contribution in [0, 0.1) is 0 Å². The maximum Gasteiger partial charge on any atom is 0.224 e. The summed E-state index contributed by atoms with van der Waals surface area (Å²) in [6.45, 7) is 1.07. The molecule has 0 radical (unpaired) electrons. The van der Waals surface area contributed by atoms with Crippen molar-refractivity contribution in [2.45, 2.75) is 18.5 Å². The van der Waals surface area contributed by atoms with E-state index in [-0.39, 0.29) is 18.0 Å². The first-order valence-corrected chi connectivity index (χ1v) is 6.35. The van der Waals surface area contributed by atoms with Crippen LogP contribution in [0.4, 0.5) is 0 Å². The van der Waals surface area contributed by atoms with Crippen molar-refractivity contribution in [3.05, 3.63) is 29.8 Å². The van der Waals surface area contributed by atoms with Gasteiger partial charge in [-0.15, -0.1) is 0 Å². The molecule has 0 bridgehead atoms. The van der Waals surface area contributed by atoms with Crippen LogP contribution in [0.2, 0.25) is 0 Å². The van der Waals surface area contributed by atoms with Gasteiger partial charge >= 0.3 is 0 Å². The summed E-state index contributed by atoms with van der Waals surface area (Å²) in [5.74, 6) is 0.855. The number of hydrogen-bond donors (Lipinski definition) is 1. The summed E-state index contributed by atoms with van der Waals surface area (Å²) in [7, 11) is 3.25. The van der Waals surface area contributed by atoms with Crippen LogP contribution in [0.5, 0.6) is 5.75 Å². The second-order valence-corrected chi connectivity index (χ2v) is 4.67. The number of benzene rings is 1. The van der Waals surface area contributed by atoms with Crippen molar-refractivity contribution in [3.63, 3.8) is 0 Å². The Morgan fingerprint density at radius 3 is 2.89 bits per heavy atom. The molecule has 104 valence electrons. The third-order valence-electron chi connectivity index (χ3n) is 3.44. The van der Waals surface area contributed by atoms with Crippen LogP contribution in [0.15, 0.2) is 24.3 Å². The minimum absolute atomic E-state index is 0.0809. The number of carbonyl (C=O) groups excluding carboxylic acids is 1. The first-order valence-electron chi connectivity index (χ1n) is 6.35. The molecule has 1 amide bonds. The summed E-state index contributed by atoms with van der Waals surface area (Å²) in [6, 6.07) is 7.42. The molecule has 5 heteroatoms. The number of amides is 1. The molecule has 1 aliphatic heterocycles. The Kier molecular flexibility index (Phi) is 4.39. The lowest BCUT2D eigenvalue weighted by Crippen LogP contribution is -2.35. The lowest BCUT2D eigenvalue weighted by atomic mass is 10.0. The molecule has 1 heterocycles. The standard InChI is InChI=1S/C14H20N2O3/c1-18-7-6-16-13(17)9-12(15)14(16)10-4-3-5-11(8-10)19-2/h3-5,8,12,14H,6-7,9,15H2,1-2H3. The topological polar surface area (TPSA) is 64.8 Å². The summed E-state index contributed by atoms with van der Waals surface area (Å²) < 4.78 is 10.3. The Morgan fingerprint density at radius 1 is 1.42 bits per heavy atom. The Morgan fingerprint density at radius 2 is 2.21 bits per heavy atom. The Bertz CT molecular complexity index is 450. The van der Waals surface area contributed by atoms with E-state index in [1.807, 2.05) is 24.3 Å². The predicted octanol–water partition coefficient (Wildman–Crippen LogP) is 0.942. The molecule has 2 rings (SSSR count). The molecule has 0 saturated carbocycles. The third-order valence-corrected chi connectivity index (χ3v) is 3.44. The van der Waals surface area contributed by atoms with Crippen LogP contribution in [-0.2, 0) is 9.53 Å². The van der Waals surface area contributed by atoms with Crippen LogP contribution in [0.3, 0.4) is 0 Å². The van der Waals surface area contributed by atoms with Gasteiger partial charge in [0.25, 0.3) is 0 Å². The van der Waals surface area contributed by atoms with Crippen LogP contribution in [-0.4, -0.2) is 44.2 Å². The molecule has 0 spiro atoms. The fourth-order valence-electron chi connectivity index (χ4n) is 2.52. The zero-order chi connectivity index (χ0) is 13.8. The SMILES string of the molecule is COCCN1C(=O)CC(N)C1c1cccc(OC)c1. The summed E-state index contributed by atoms with van der Waals surface area (Å²) in [5.41, 5.74) is 7.12. The van der Waals surface area contributed by atoms with Crippen molar-refractivity contribution >= 4 is 5.91 Å². The monoisotopic (exact) mass is 264 g/mol. The van der Waals surface area contributed by atoms with Gasteiger partial charge in [0.1, 0.15) is 5.75 Å². The average molecular weight is 264 g/mol. The molecule has 2 N–H and O–H groups in total. The lowest BCUT2D eigenvalue weighted by Gasteiger charge is -2.27. The summed E-state index contributed by atoms with van der Waals surface area (Å²) >= 11 is 0. The van der Waals surface area contributed by atoms with Gasteiger partial charge in [-0.05, 0) is 17.7 Å². The van der Waals surface area contributed by atoms with E-state index < -0.39 is 0 Å². The highest BCUT2D eigenvalue weighted by atomic mass is 16.5. The largest absolute Gasteiger partial charge is 0.497 e. The number of ether oxygens (including phenoxy) is 2. The van der Waals surface area contributed by atoms with Crippen LogP contribution >= 0.6 is 0 Å². The number of rotatable bonds is 5. The normalized spacial score (nSPS) is 22.9. The second-order valence-electron chi connectivity index (χ2n) is 4.67. The smallest absolute Gasteiger partial charge is 0.224 e. The molecule has 2 unspecified atom stereocenters. The van der Waals surface area contributed by atoms with E-state index in [4.69, 9.17) is 15.2 Å². The molecule has 1 aromatic carbocycles. The zero-order valence-corrected chi connectivity index (χ0v) is 11.3. The van der Waals surface area contributed by atoms with E-state index in [2.05, 4.69) is 0 Å². The number of nitrogens with two attached hydrogens (primary N) is 1. The van der Waals surface area contributed by atoms with Gasteiger partial charge in [0.15, 0.2) is 0 Å². The molecule has 2 atom stereocenters. The Balaban J connectivity index is 2.25. The van der Waals surface area contributed by atoms with Crippen LogP contribution < -0.4 is 10.5 Å². The van der Waals surface area contributed by atoms with E-state index >= 15 is 0 Å². The zero-order valence-electron chi connectivity index (χ0n) is 11.3. The highest BCUT2D eigenvalue weighted by molar-refractivity contribution is 5.80. The van der Waals surface area contributed by atoms with Crippen molar-refractivity contribution in [2.24, 2.45) is 5.73 Å². The van der Waals surface area contributed by atoms with Gasteiger partial charge < -0.3 is 20.1 Å². The highest BCUT2D eigenvalue weighted by Gasteiger charge is 2.38. The van der Waals surface area contributed by atoms with Crippen molar-refractivity contribution in [1.82, 2.24) is 4.90 Å². The van der Waals surface area contributed by atoms with Gasteiger partial charge in [-0.25, -0.2) is 0 Å².